The highest BCUT2D eigenvalue weighted by molar-refractivity contribution is 5.98. The normalized spacial score (nSPS) is 15.7. The van der Waals surface area contributed by atoms with Crippen molar-refractivity contribution in [3.05, 3.63) is 96.1 Å². The second kappa shape index (κ2) is 9.39. The number of hydrogen-bond donors (Lipinski definition) is 0. The molecule has 156 valence electrons. The van der Waals surface area contributed by atoms with Gasteiger partial charge < -0.3 is 9.64 Å². The maximum Gasteiger partial charge on any atom is 0.311 e. The van der Waals surface area contributed by atoms with Crippen LogP contribution in [0, 0.1) is 5.92 Å². The monoisotopic (exact) mass is 413 g/mol. The van der Waals surface area contributed by atoms with Gasteiger partial charge in [0.2, 0.25) is 5.91 Å². The highest BCUT2D eigenvalue weighted by atomic mass is 16.5. The summed E-state index contributed by atoms with van der Waals surface area (Å²) in [5.74, 6) is -1.38. The van der Waals surface area contributed by atoms with E-state index in [2.05, 4.69) is 0 Å². The molecule has 3 aromatic carbocycles. The number of nitrogens with zero attached hydrogens (tertiary/aromatic N) is 1. The number of rotatable bonds is 7. The van der Waals surface area contributed by atoms with Gasteiger partial charge in [-0.05, 0) is 16.7 Å². The molecule has 0 saturated carbocycles. The number of ketones is 1. The molecular weight excluding hydrogens is 390 g/mol. The highest BCUT2D eigenvalue weighted by Crippen LogP contribution is 2.22. The van der Waals surface area contributed by atoms with Gasteiger partial charge in [-0.2, -0.15) is 0 Å². The topological polar surface area (TPSA) is 63.7 Å². The molecule has 0 aromatic heterocycles. The Morgan fingerprint density at radius 2 is 1.45 bits per heavy atom. The van der Waals surface area contributed by atoms with Crippen LogP contribution >= 0.6 is 0 Å². The van der Waals surface area contributed by atoms with Crippen molar-refractivity contribution in [3.63, 3.8) is 0 Å². The third kappa shape index (κ3) is 5.07. The largest absolute Gasteiger partial charge is 0.457 e. The third-order valence-corrected chi connectivity index (χ3v) is 5.42. The molecule has 1 aliphatic heterocycles. The molecule has 0 spiro atoms. The number of ether oxygens (including phenoxy) is 1. The standard InChI is InChI=1S/C26H23NO4/c28-24(22-13-11-21(12-14-22)20-9-5-2-6-10-20)18-31-26(30)23-15-25(29)27(17-23)16-19-7-3-1-4-8-19/h1-14,23H,15-18H2/t23-/m0/s1. The van der Waals surface area contributed by atoms with Crippen molar-refractivity contribution < 1.29 is 19.1 Å². The number of amides is 1. The van der Waals surface area contributed by atoms with Crippen LogP contribution < -0.4 is 0 Å². The first-order valence-corrected chi connectivity index (χ1v) is 10.3. The Bertz CT molecular complexity index is 1060. The number of hydrogen-bond acceptors (Lipinski definition) is 4. The quantitative estimate of drug-likeness (QED) is 0.432. The van der Waals surface area contributed by atoms with E-state index in [-0.39, 0.29) is 24.7 Å². The van der Waals surface area contributed by atoms with E-state index in [1.165, 1.54) is 0 Å². The van der Waals surface area contributed by atoms with E-state index in [1.807, 2.05) is 72.8 Å². The molecule has 0 unspecified atom stereocenters. The van der Waals surface area contributed by atoms with Crippen molar-refractivity contribution in [1.82, 2.24) is 4.90 Å². The summed E-state index contributed by atoms with van der Waals surface area (Å²) < 4.78 is 5.24. The molecule has 0 radical (unpaired) electrons. The van der Waals surface area contributed by atoms with Crippen LogP contribution in [-0.2, 0) is 20.9 Å². The lowest BCUT2D eigenvalue weighted by Gasteiger charge is -2.16. The van der Waals surface area contributed by atoms with E-state index >= 15 is 0 Å². The van der Waals surface area contributed by atoms with Crippen LogP contribution in [0.4, 0.5) is 0 Å². The molecule has 1 heterocycles. The zero-order valence-corrected chi connectivity index (χ0v) is 17.1. The fraction of sp³-hybridized carbons (Fsp3) is 0.192. The zero-order valence-electron chi connectivity index (χ0n) is 17.1. The minimum atomic E-state index is -0.538. The van der Waals surface area contributed by atoms with E-state index in [9.17, 15) is 14.4 Å². The van der Waals surface area contributed by atoms with Gasteiger partial charge in [-0.3, -0.25) is 14.4 Å². The van der Waals surface area contributed by atoms with Gasteiger partial charge in [0, 0.05) is 25.1 Å². The lowest BCUT2D eigenvalue weighted by molar-refractivity contribution is -0.147. The Kier molecular flexibility index (Phi) is 6.22. The summed E-state index contributed by atoms with van der Waals surface area (Å²) in [7, 11) is 0. The Labute approximate surface area is 181 Å². The van der Waals surface area contributed by atoms with Gasteiger partial charge in [0.05, 0.1) is 5.92 Å². The smallest absolute Gasteiger partial charge is 0.311 e. The average molecular weight is 413 g/mol. The molecule has 31 heavy (non-hydrogen) atoms. The molecule has 1 saturated heterocycles. The zero-order chi connectivity index (χ0) is 21.6. The van der Waals surface area contributed by atoms with Crippen LogP contribution in [0.15, 0.2) is 84.9 Å². The number of carbonyl (C=O) groups excluding carboxylic acids is 3. The molecule has 1 fully saturated rings. The Morgan fingerprint density at radius 1 is 0.839 bits per heavy atom. The van der Waals surface area contributed by atoms with Crippen LogP contribution in [0.3, 0.4) is 0 Å². The molecule has 1 aliphatic rings. The summed E-state index contributed by atoms with van der Waals surface area (Å²) in [4.78, 5) is 38.7. The van der Waals surface area contributed by atoms with Crippen LogP contribution in [0.1, 0.15) is 22.3 Å². The van der Waals surface area contributed by atoms with Crippen molar-refractivity contribution in [3.8, 4) is 11.1 Å². The van der Waals surface area contributed by atoms with Gasteiger partial charge in [-0.1, -0.05) is 84.9 Å². The molecule has 0 aliphatic carbocycles. The fourth-order valence-corrected chi connectivity index (χ4v) is 3.70. The summed E-state index contributed by atoms with van der Waals surface area (Å²) in [6.07, 6.45) is 0.117. The first kappa shape index (κ1) is 20.5. The second-order valence-corrected chi connectivity index (χ2v) is 7.64. The summed E-state index contributed by atoms with van der Waals surface area (Å²) in [6, 6.07) is 26.7. The van der Waals surface area contributed by atoms with Gasteiger partial charge in [0.15, 0.2) is 12.4 Å². The van der Waals surface area contributed by atoms with E-state index in [4.69, 9.17) is 4.74 Å². The second-order valence-electron chi connectivity index (χ2n) is 7.64. The minimum absolute atomic E-state index is 0.0753. The van der Waals surface area contributed by atoms with Crippen molar-refractivity contribution in [2.75, 3.05) is 13.2 Å². The Balaban J connectivity index is 1.29. The predicted molar refractivity (Wildman–Crippen MR) is 117 cm³/mol. The maximum absolute atomic E-state index is 12.4. The lowest BCUT2D eigenvalue weighted by Crippen LogP contribution is -2.27. The summed E-state index contributed by atoms with van der Waals surface area (Å²) >= 11 is 0. The van der Waals surface area contributed by atoms with E-state index < -0.39 is 11.9 Å². The van der Waals surface area contributed by atoms with Crippen LogP contribution in [0.5, 0.6) is 0 Å². The third-order valence-electron chi connectivity index (χ3n) is 5.42. The number of benzene rings is 3. The molecule has 5 heteroatoms. The van der Waals surface area contributed by atoms with E-state index in [0.717, 1.165) is 16.7 Å². The molecule has 4 rings (SSSR count). The van der Waals surface area contributed by atoms with Crippen molar-refractivity contribution in [2.24, 2.45) is 5.92 Å². The number of carbonyl (C=O) groups is 3. The van der Waals surface area contributed by atoms with Crippen LogP contribution in [-0.4, -0.2) is 35.7 Å². The molecular formula is C26H23NO4. The van der Waals surface area contributed by atoms with Gasteiger partial charge >= 0.3 is 5.97 Å². The van der Waals surface area contributed by atoms with Gasteiger partial charge in [0.1, 0.15) is 0 Å². The molecule has 3 aromatic rings. The minimum Gasteiger partial charge on any atom is -0.457 e. The fourth-order valence-electron chi connectivity index (χ4n) is 3.70. The first-order chi connectivity index (χ1) is 15.1. The average Bonchev–Trinajstić information content (AvgIpc) is 3.19. The molecule has 0 N–H and O–H groups in total. The van der Waals surface area contributed by atoms with Gasteiger partial charge in [-0.15, -0.1) is 0 Å². The van der Waals surface area contributed by atoms with Crippen LogP contribution in [0.25, 0.3) is 11.1 Å². The predicted octanol–water partition coefficient (Wildman–Crippen LogP) is 4.13. The number of esters is 1. The van der Waals surface area contributed by atoms with Gasteiger partial charge in [0.25, 0.3) is 0 Å². The number of likely N-dealkylation sites (tertiary alicyclic amines) is 1. The van der Waals surface area contributed by atoms with E-state index in [0.29, 0.717) is 18.7 Å². The molecule has 1 atom stereocenters. The molecule has 1 amide bonds. The van der Waals surface area contributed by atoms with Crippen molar-refractivity contribution >= 4 is 17.7 Å². The first-order valence-electron chi connectivity index (χ1n) is 10.3. The highest BCUT2D eigenvalue weighted by Gasteiger charge is 2.35. The Morgan fingerprint density at radius 3 is 2.13 bits per heavy atom. The van der Waals surface area contributed by atoms with Crippen molar-refractivity contribution in [2.45, 2.75) is 13.0 Å². The van der Waals surface area contributed by atoms with Crippen LogP contribution in [0.2, 0.25) is 0 Å². The Hall–Kier alpha value is -3.73. The van der Waals surface area contributed by atoms with E-state index in [1.54, 1.807) is 17.0 Å². The SMILES string of the molecule is O=C(COC(=O)[C@H]1CC(=O)N(Cc2ccccc2)C1)c1ccc(-c2ccccc2)cc1. The summed E-state index contributed by atoms with van der Waals surface area (Å²) in [5.41, 5.74) is 3.58. The maximum atomic E-state index is 12.4. The van der Waals surface area contributed by atoms with Crippen molar-refractivity contribution in [1.29, 1.82) is 0 Å². The van der Waals surface area contributed by atoms with Gasteiger partial charge in [-0.25, -0.2) is 0 Å². The summed E-state index contributed by atoms with van der Waals surface area (Å²) in [6.45, 7) is 0.454. The molecule has 5 nitrogen and oxygen atoms in total. The number of Topliss-reactive ketones (excluding diaryl/α,β-unsaturated/α-hetero) is 1. The molecule has 0 bridgehead atoms. The summed E-state index contributed by atoms with van der Waals surface area (Å²) in [5, 5.41) is 0. The lowest BCUT2D eigenvalue weighted by atomic mass is 10.0.